The topological polar surface area (TPSA) is 120 Å². The third kappa shape index (κ3) is 4.99. The quantitative estimate of drug-likeness (QED) is 0.539. The minimum atomic E-state index is -4.08. The number of hydrogen-bond acceptors (Lipinski definition) is 6. The number of ether oxygens (including phenoxy) is 1. The second-order valence-electron chi connectivity index (χ2n) is 7.63. The van der Waals surface area contributed by atoms with E-state index in [9.17, 15) is 18.3 Å². The lowest BCUT2D eigenvalue weighted by Crippen LogP contribution is -2.45. The number of carbonyl (C=O) groups is 1. The van der Waals surface area contributed by atoms with Crippen molar-refractivity contribution in [3.8, 4) is 11.8 Å². The van der Waals surface area contributed by atoms with E-state index in [2.05, 4.69) is 5.32 Å². The van der Waals surface area contributed by atoms with Crippen LogP contribution in [0.5, 0.6) is 5.75 Å². The van der Waals surface area contributed by atoms with Crippen LogP contribution in [0.2, 0.25) is 5.02 Å². The van der Waals surface area contributed by atoms with Crippen molar-refractivity contribution in [2.24, 2.45) is 0 Å². The number of aliphatic hydroxyl groups is 1. The summed E-state index contributed by atoms with van der Waals surface area (Å²) in [6.07, 6.45) is -0.660. The Morgan fingerprint density at radius 2 is 1.94 bits per heavy atom. The van der Waals surface area contributed by atoms with E-state index in [1.807, 2.05) is 6.07 Å². The van der Waals surface area contributed by atoms with E-state index in [0.29, 0.717) is 10.7 Å². The zero-order valence-electron chi connectivity index (χ0n) is 17.8. The Hall–Kier alpha value is -3.58. The van der Waals surface area contributed by atoms with Crippen LogP contribution < -0.4 is 14.4 Å². The van der Waals surface area contributed by atoms with Gasteiger partial charge in [-0.2, -0.15) is 5.26 Å². The van der Waals surface area contributed by atoms with Crippen LogP contribution in [0, 0.1) is 11.3 Å². The highest BCUT2D eigenvalue weighted by atomic mass is 35.5. The molecule has 174 valence electrons. The predicted octanol–water partition coefficient (Wildman–Crippen LogP) is 3.34. The number of nitriles is 1. The SMILES string of the molecule is N#Cc1cccc(S(=O)(=O)N2CC(CO)Oc3ccc(NC(=O)Cc4ccc(Cl)cc4)cc32)c1. The van der Waals surface area contributed by atoms with Crippen LogP contribution in [0.1, 0.15) is 11.1 Å². The van der Waals surface area contributed by atoms with Gasteiger partial charge in [-0.05, 0) is 54.1 Å². The molecule has 3 aromatic carbocycles. The number of hydrogen-bond donors (Lipinski definition) is 2. The number of halogens is 1. The molecular weight excluding hydrogens is 478 g/mol. The Kier molecular flexibility index (Phi) is 6.75. The fourth-order valence-corrected chi connectivity index (χ4v) is 5.23. The van der Waals surface area contributed by atoms with Gasteiger partial charge in [0.1, 0.15) is 11.9 Å². The number of fused-ring (bicyclic) bond motifs is 1. The predicted molar refractivity (Wildman–Crippen MR) is 127 cm³/mol. The molecule has 4 rings (SSSR count). The molecule has 0 spiro atoms. The summed E-state index contributed by atoms with van der Waals surface area (Å²) in [4.78, 5) is 12.5. The van der Waals surface area contributed by atoms with Crippen molar-refractivity contribution in [3.63, 3.8) is 0 Å². The van der Waals surface area contributed by atoms with E-state index < -0.39 is 16.1 Å². The molecule has 1 heterocycles. The zero-order chi connectivity index (χ0) is 24.3. The second kappa shape index (κ2) is 9.73. The Balaban J connectivity index is 1.64. The molecule has 10 heteroatoms. The first-order valence-electron chi connectivity index (χ1n) is 10.3. The third-order valence-corrected chi connectivity index (χ3v) is 7.23. The van der Waals surface area contributed by atoms with Crippen molar-refractivity contribution in [2.45, 2.75) is 17.4 Å². The molecule has 1 aliphatic heterocycles. The van der Waals surface area contributed by atoms with E-state index in [-0.39, 0.29) is 47.4 Å². The molecule has 0 bridgehead atoms. The summed E-state index contributed by atoms with van der Waals surface area (Å²) in [7, 11) is -4.08. The van der Waals surface area contributed by atoms with Crippen molar-refractivity contribution in [1.82, 2.24) is 0 Å². The molecule has 8 nitrogen and oxygen atoms in total. The summed E-state index contributed by atoms with van der Waals surface area (Å²) < 4.78 is 33.8. The van der Waals surface area contributed by atoms with Crippen LogP contribution >= 0.6 is 11.6 Å². The summed E-state index contributed by atoms with van der Waals surface area (Å²) in [6.45, 7) is -0.520. The van der Waals surface area contributed by atoms with Crippen LogP contribution in [-0.2, 0) is 21.2 Å². The first-order chi connectivity index (χ1) is 16.3. The van der Waals surface area contributed by atoms with Crippen LogP contribution in [0.3, 0.4) is 0 Å². The van der Waals surface area contributed by atoms with Crippen LogP contribution in [0.4, 0.5) is 11.4 Å². The van der Waals surface area contributed by atoms with Crippen LogP contribution in [0.25, 0.3) is 0 Å². The van der Waals surface area contributed by atoms with Gasteiger partial charge in [-0.3, -0.25) is 9.10 Å². The van der Waals surface area contributed by atoms with Crippen LogP contribution in [-0.4, -0.2) is 38.7 Å². The summed E-state index contributed by atoms with van der Waals surface area (Å²) in [5.74, 6) is -0.0376. The number of amides is 1. The van der Waals surface area contributed by atoms with Crippen molar-refractivity contribution >= 4 is 38.9 Å². The smallest absolute Gasteiger partial charge is 0.264 e. The fraction of sp³-hybridized carbons (Fsp3) is 0.167. The molecule has 3 aromatic rings. The normalized spacial score (nSPS) is 15.1. The van der Waals surface area contributed by atoms with Gasteiger partial charge in [0.2, 0.25) is 5.91 Å². The molecule has 2 N–H and O–H groups in total. The van der Waals surface area contributed by atoms with Gasteiger partial charge in [0, 0.05) is 10.7 Å². The summed E-state index contributed by atoms with van der Waals surface area (Å²) in [5.41, 5.74) is 1.58. The van der Waals surface area contributed by atoms with E-state index in [1.165, 1.54) is 30.3 Å². The first-order valence-corrected chi connectivity index (χ1v) is 12.1. The van der Waals surface area contributed by atoms with Crippen LogP contribution in [0.15, 0.2) is 71.6 Å². The molecule has 1 atom stereocenters. The molecule has 0 aliphatic carbocycles. The number of anilines is 2. The minimum Gasteiger partial charge on any atom is -0.484 e. The molecule has 1 amide bonds. The number of benzene rings is 3. The molecule has 0 radical (unpaired) electrons. The van der Waals surface area contributed by atoms with Crippen molar-refractivity contribution in [1.29, 1.82) is 5.26 Å². The molecule has 34 heavy (non-hydrogen) atoms. The lowest BCUT2D eigenvalue weighted by molar-refractivity contribution is -0.115. The van der Waals surface area contributed by atoms with E-state index in [0.717, 1.165) is 9.87 Å². The number of aliphatic hydroxyl groups excluding tert-OH is 1. The summed E-state index contributed by atoms with van der Waals surface area (Å²) >= 11 is 5.88. The Bertz CT molecular complexity index is 1370. The molecule has 1 unspecified atom stereocenters. The average molecular weight is 498 g/mol. The molecule has 1 aliphatic rings. The maximum Gasteiger partial charge on any atom is 0.264 e. The highest BCUT2D eigenvalue weighted by Crippen LogP contribution is 2.39. The third-order valence-electron chi connectivity index (χ3n) is 5.21. The maximum atomic E-state index is 13.5. The van der Waals surface area contributed by atoms with Gasteiger partial charge < -0.3 is 15.2 Å². The van der Waals surface area contributed by atoms with Crippen molar-refractivity contribution in [3.05, 3.63) is 82.9 Å². The second-order valence-corrected chi connectivity index (χ2v) is 9.93. The first kappa shape index (κ1) is 23.6. The van der Waals surface area contributed by atoms with Gasteiger partial charge in [0.05, 0.1) is 41.8 Å². The van der Waals surface area contributed by atoms with Gasteiger partial charge >= 0.3 is 0 Å². The average Bonchev–Trinajstić information content (AvgIpc) is 2.84. The Morgan fingerprint density at radius 3 is 2.65 bits per heavy atom. The van der Waals surface area contributed by atoms with Crippen molar-refractivity contribution in [2.75, 3.05) is 22.8 Å². The molecule has 0 aromatic heterocycles. The molecule has 0 fully saturated rings. The molecule has 0 saturated heterocycles. The van der Waals surface area contributed by atoms with Gasteiger partial charge in [0.15, 0.2) is 0 Å². The number of rotatable bonds is 6. The van der Waals surface area contributed by atoms with Crippen molar-refractivity contribution < 1.29 is 23.1 Å². The number of sulfonamides is 1. The monoisotopic (exact) mass is 497 g/mol. The standard InChI is InChI=1S/C24H20ClN3O5S/c25-18-6-4-16(5-7-18)11-24(30)27-19-8-9-23-22(12-19)28(14-20(15-29)33-23)34(31,32)21-3-1-2-17(10-21)13-26/h1-10,12,20,29H,11,14-15H2,(H,27,30). The Labute approximate surface area is 202 Å². The maximum absolute atomic E-state index is 13.5. The lowest BCUT2D eigenvalue weighted by atomic mass is 10.1. The number of nitrogens with one attached hydrogen (secondary N) is 1. The van der Waals surface area contributed by atoms with E-state index in [4.69, 9.17) is 21.6 Å². The zero-order valence-corrected chi connectivity index (χ0v) is 19.4. The number of carbonyl (C=O) groups excluding carboxylic acids is 1. The summed E-state index contributed by atoms with van der Waals surface area (Å²) in [6, 6.07) is 19.2. The van der Waals surface area contributed by atoms with Gasteiger partial charge in [-0.25, -0.2) is 8.42 Å². The molecular formula is C24H20ClN3O5S. The largest absolute Gasteiger partial charge is 0.484 e. The van der Waals surface area contributed by atoms with Gasteiger partial charge in [0.25, 0.3) is 10.0 Å². The van der Waals surface area contributed by atoms with Gasteiger partial charge in [-0.1, -0.05) is 29.8 Å². The molecule has 0 saturated carbocycles. The lowest BCUT2D eigenvalue weighted by Gasteiger charge is -2.35. The van der Waals surface area contributed by atoms with E-state index >= 15 is 0 Å². The van der Waals surface area contributed by atoms with E-state index in [1.54, 1.807) is 36.4 Å². The fourth-order valence-electron chi connectivity index (χ4n) is 3.56. The minimum absolute atomic E-state index is 0.0618. The highest BCUT2D eigenvalue weighted by Gasteiger charge is 2.34. The Morgan fingerprint density at radius 1 is 1.18 bits per heavy atom. The number of nitrogens with zero attached hydrogens (tertiary/aromatic N) is 2. The van der Waals surface area contributed by atoms with Gasteiger partial charge in [-0.15, -0.1) is 0 Å². The summed E-state index contributed by atoms with van der Waals surface area (Å²) in [5, 5.41) is 22.1. The highest BCUT2D eigenvalue weighted by molar-refractivity contribution is 7.92.